The average molecular weight is 344 g/mol. The van der Waals surface area contributed by atoms with Crippen molar-refractivity contribution in [2.45, 2.75) is 25.9 Å². The fourth-order valence-electron chi connectivity index (χ4n) is 3.17. The lowest BCUT2D eigenvalue weighted by Crippen LogP contribution is -2.35. The van der Waals surface area contributed by atoms with Crippen LogP contribution in [-0.2, 0) is 16.4 Å². The van der Waals surface area contributed by atoms with Crippen LogP contribution in [0.2, 0.25) is 0 Å². The Morgan fingerprint density at radius 1 is 1.29 bits per heavy atom. The van der Waals surface area contributed by atoms with E-state index in [0.29, 0.717) is 24.3 Å². The quantitative estimate of drug-likeness (QED) is 0.834. The Labute approximate surface area is 142 Å². The second-order valence-corrected chi connectivity index (χ2v) is 8.27. The molecule has 3 rings (SSSR count). The monoisotopic (exact) mass is 344 g/mol. The van der Waals surface area contributed by atoms with Crippen LogP contribution in [0.1, 0.15) is 24.7 Å². The number of hydrogen-bond donors (Lipinski definition) is 0. The van der Waals surface area contributed by atoms with Crippen molar-refractivity contribution in [2.24, 2.45) is 0 Å². The van der Waals surface area contributed by atoms with Crippen molar-refractivity contribution in [2.75, 3.05) is 18.1 Å². The first-order valence-corrected chi connectivity index (χ1v) is 9.87. The van der Waals surface area contributed by atoms with Crippen LogP contribution >= 0.6 is 0 Å². The maximum absolute atomic E-state index is 11.7. The summed E-state index contributed by atoms with van der Waals surface area (Å²) in [6, 6.07) is 13.3. The van der Waals surface area contributed by atoms with Gasteiger partial charge in [-0.1, -0.05) is 19.1 Å². The highest BCUT2D eigenvalue weighted by atomic mass is 32.2. The summed E-state index contributed by atoms with van der Waals surface area (Å²) in [5.41, 5.74) is 1.35. The maximum atomic E-state index is 11.7. The molecule has 0 bridgehead atoms. The fourth-order valence-corrected chi connectivity index (χ4v) is 4.93. The van der Waals surface area contributed by atoms with Crippen molar-refractivity contribution < 1.29 is 12.8 Å². The molecular formula is C18H20N2O3S. The molecule has 126 valence electrons. The third kappa shape index (κ3) is 3.53. The zero-order chi connectivity index (χ0) is 17.2. The Kier molecular flexibility index (Phi) is 4.74. The highest BCUT2D eigenvalue weighted by Crippen LogP contribution is 2.27. The molecule has 0 spiro atoms. The van der Waals surface area contributed by atoms with Crippen molar-refractivity contribution in [3.63, 3.8) is 0 Å². The van der Waals surface area contributed by atoms with E-state index in [4.69, 9.17) is 4.42 Å². The van der Waals surface area contributed by atoms with Crippen LogP contribution in [0, 0.1) is 11.3 Å². The van der Waals surface area contributed by atoms with Gasteiger partial charge in [-0.15, -0.1) is 0 Å². The van der Waals surface area contributed by atoms with E-state index < -0.39 is 9.84 Å². The summed E-state index contributed by atoms with van der Waals surface area (Å²) >= 11 is 0. The SMILES string of the molecule is CCN(Cc1ccc(-c2ccccc2C#N)o1)[C@@H]1CCS(=O)(=O)C1. The third-order valence-corrected chi connectivity index (χ3v) is 6.21. The van der Waals surface area contributed by atoms with Crippen LogP contribution < -0.4 is 0 Å². The largest absolute Gasteiger partial charge is 0.460 e. The van der Waals surface area contributed by atoms with Gasteiger partial charge in [0.2, 0.25) is 0 Å². The molecule has 0 radical (unpaired) electrons. The van der Waals surface area contributed by atoms with E-state index in [9.17, 15) is 13.7 Å². The predicted octanol–water partition coefficient (Wildman–Crippen LogP) is 2.83. The van der Waals surface area contributed by atoms with Gasteiger partial charge >= 0.3 is 0 Å². The molecule has 1 aliphatic heterocycles. The van der Waals surface area contributed by atoms with Gasteiger partial charge in [-0.3, -0.25) is 4.90 Å². The van der Waals surface area contributed by atoms with Crippen LogP contribution in [-0.4, -0.2) is 37.4 Å². The van der Waals surface area contributed by atoms with Gasteiger partial charge in [0, 0.05) is 11.6 Å². The molecule has 1 aliphatic rings. The number of furan rings is 1. The van der Waals surface area contributed by atoms with Gasteiger partial charge in [-0.05, 0) is 37.2 Å². The Morgan fingerprint density at radius 2 is 2.08 bits per heavy atom. The fraction of sp³-hybridized carbons (Fsp3) is 0.389. The maximum Gasteiger partial charge on any atom is 0.151 e. The number of nitrogens with zero attached hydrogens (tertiary/aromatic N) is 2. The van der Waals surface area contributed by atoms with Crippen molar-refractivity contribution in [3.8, 4) is 17.4 Å². The molecule has 6 heteroatoms. The van der Waals surface area contributed by atoms with Crippen molar-refractivity contribution in [3.05, 3.63) is 47.7 Å². The van der Waals surface area contributed by atoms with Gasteiger partial charge in [-0.25, -0.2) is 8.42 Å². The summed E-state index contributed by atoms with van der Waals surface area (Å²) in [5.74, 6) is 1.94. The van der Waals surface area contributed by atoms with Gasteiger partial charge in [0.05, 0.1) is 29.7 Å². The van der Waals surface area contributed by atoms with Gasteiger partial charge < -0.3 is 4.42 Å². The number of hydrogen-bond acceptors (Lipinski definition) is 5. The first-order chi connectivity index (χ1) is 11.5. The predicted molar refractivity (Wildman–Crippen MR) is 92.0 cm³/mol. The van der Waals surface area contributed by atoms with Crippen LogP contribution in [0.4, 0.5) is 0 Å². The molecule has 1 atom stereocenters. The lowest BCUT2D eigenvalue weighted by atomic mass is 10.1. The molecule has 0 aliphatic carbocycles. The van der Waals surface area contributed by atoms with E-state index in [2.05, 4.69) is 11.0 Å². The minimum atomic E-state index is -2.90. The van der Waals surface area contributed by atoms with Crippen LogP contribution in [0.25, 0.3) is 11.3 Å². The van der Waals surface area contributed by atoms with Crippen molar-refractivity contribution >= 4 is 9.84 Å². The molecule has 0 N–H and O–H groups in total. The van der Waals surface area contributed by atoms with E-state index in [1.807, 2.05) is 37.3 Å². The topological polar surface area (TPSA) is 74.3 Å². The van der Waals surface area contributed by atoms with Crippen LogP contribution in [0.5, 0.6) is 0 Å². The minimum absolute atomic E-state index is 0.0555. The number of rotatable bonds is 5. The van der Waals surface area contributed by atoms with Gasteiger partial charge in [-0.2, -0.15) is 5.26 Å². The smallest absolute Gasteiger partial charge is 0.151 e. The molecule has 1 aromatic heterocycles. The summed E-state index contributed by atoms with van der Waals surface area (Å²) in [6.07, 6.45) is 0.682. The highest BCUT2D eigenvalue weighted by molar-refractivity contribution is 7.91. The average Bonchev–Trinajstić information content (AvgIpc) is 3.18. The van der Waals surface area contributed by atoms with Crippen molar-refractivity contribution in [1.29, 1.82) is 5.26 Å². The van der Waals surface area contributed by atoms with E-state index >= 15 is 0 Å². The first-order valence-electron chi connectivity index (χ1n) is 8.05. The summed E-state index contributed by atoms with van der Waals surface area (Å²) in [5, 5.41) is 9.21. The molecule has 0 unspecified atom stereocenters. The van der Waals surface area contributed by atoms with Gasteiger partial charge in [0.15, 0.2) is 9.84 Å². The Bertz CT molecular complexity index is 864. The lowest BCUT2D eigenvalue weighted by molar-refractivity contribution is 0.199. The second-order valence-electron chi connectivity index (χ2n) is 6.04. The minimum Gasteiger partial charge on any atom is -0.460 e. The summed E-state index contributed by atoms with van der Waals surface area (Å²) in [6.45, 7) is 3.37. The van der Waals surface area contributed by atoms with E-state index in [0.717, 1.165) is 17.9 Å². The summed E-state index contributed by atoms with van der Waals surface area (Å²) in [7, 11) is -2.90. The zero-order valence-corrected chi connectivity index (χ0v) is 14.4. The molecule has 1 aromatic carbocycles. The molecule has 0 amide bonds. The molecule has 5 nitrogen and oxygen atoms in total. The standard InChI is InChI=1S/C18H20N2O3S/c1-2-20(15-9-10-24(21,22)13-15)12-16-7-8-18(23-16)17-6-4-3-5-14(17)11-19/h3-8,15H,2,9-10,12-13H2,1H3/t15-/m1/s1. The molecule has 2 aromatic rings. The Hall–Kier alpha value is -2.10. The van der Waals surface area contributed by atoms with Gasteiger partial charge in [0.1, 0.15) is 11.5 Å². The van der Waals surface area contributed by atoms with Crippen molar-refractivity contribution in [1.82, 2.24) is 4.90 Å². The molecule has 1 saturated heterocycles. The normalized spacial score (nSPS) is 19.5. The molecule has 2 heterocycles. The molecule has 1 fully saturated rings. The summed E-state index contributed by atoms with van der Waals surface area (Å²) < 4.78 is 29.3. The van der Waals surface area contributed by atoms with E-state index in [1.54, 1.807) is 6.07 Å². The van der Waals surface area contributed by atoms with Crippen LogP contribution in [0.3, 0.4) is 0 Å². The van der Waals surface area contributed by atoms with Gasteiger partial charge in [0.25, 0.3) is 0 Å². The zero-order valence-electron chi connectivity index (χ0n) is 13.6. The number of nitriles is 1. The Morgan fingerprint density at radius 3 is 2.75 bits per heavy atom. The van der Waals surface area contributed by atoms with Crippen LogP contribution in [0.15, 0.2) is 40.8 Å². The van der Waals surface area contributed by atoms with E-state index in [1.165, 1.54) is 0 Å². The molecule has 0 saturated carbocycles. The molecular weight excluding hydrogens is 324 g/mol. The third-order valence-electron chi connectivity index (χ3n) is 4.46. The summed E-state index contributed by atoms with van der Waals surface area (Å²) in [4.78, 5) is 2.14. The lowest BCUT2D eigenvalue weighted by Gasteiger charge is -2.25. The Balaban J connectivity index is 1.77. The highest BCUT2D eigenvalue weighted by Gasteiger charge is 2.31. The first kappa shape index (κ1) is 16.7. The molecule has 24 heavy (non-hydrogen) atoms. The number of benzene rings is 1. The number of sulfone groups is 1. The second kappa shape index (κ2) is 6.80. The van der Waals surface area contributed by atoms with E-state index in [-0.39, 0.29) is 17.5 Å².